The molecule has 1 heterocycles. The normalized spacial score (nSPS) is 54.2. The molecule has 0 amide bonds. The van der Waals surface area contributed by atoms with E-state index in [4.69, 9.17) is 4.74 Å². The monoisotopic (exact) mass is 288 g/mol. The average molecular weight is 288 g/mol. The van der Waals surface area contributed by atoms with Crippen LogP contribution in [0.3, 0.4) is 0 Å². The Hall–Kier alpha value is -0.830. The molecule has 4 bridgehead atoms. The molecule has 3 saturated carbocycles. The summed E-state index contributed by atoms with van der Waals surface area (Å²) in [4.78, 5) is 11.6. The van der Waals surface area contributed by atoms with Gasteiger partial charge in [-0.05, 0) is 73.5 Å². The maximum absolute atomic E-state index is 11.6. The number of fused-ring (bicyclic) bond motifs is 9. The van der Waals surface area contributed by atoms with Crippen molar-refractivity contribution in [3.05, 3.63) is 12.2 Å². The summed E-state index contributed by atoms with van der Waals surface area (Å²) in [5.74, 6) is 5.47. The van der Waals surface area contributed by atoms with Gasteiger partial charge in [0.05, 0.1) is 18.6 Å². The maximum Gasteiger partial charge on any atom is 0.311 e. The van der Waals surface area contributed by atoms with Crippen molar-refractivity contribution < 1.29 is 14.6 Å². The Balaban J connectivity index is 1.30. The van der Waals surface area contributed by atoms with Gasteiger partial charge in [0, 0.05) is 0 Å². The first-order valence-corrected chi connectivity index (χ1v) is 8.75. The number of esters is 1. The highest BCUT2D eigenvalue weighted by atomic mass is 16.5. The predicted molar refractivity (Wildman–Crippen MR) is 77.1 cm³/mol. The molecular weight excluding hydrogens is 264 g/mol. The van der Waals surface area contributed by atoms with Crippen molar-refractivity contribution in [1.29, 1.82) is 0 Å². The Morgan fingerprint density at radius 3 is 2.76 bits per heavy atom. The van der Waals surface area contributed by atoms with Gasteiger partial charge in [-0.25, -0.2) is 0 Å². The van der Waals surface area contributed by atoms with E-state index in [1.165, 1.54) is 19.3 Å². The van der Waals surface area contributed by atoms with Crippen molar-refractivity contribution in [1.82, 2.24) is 0 Å². The van der Waals surface area contributed by atoms with Crippen molar-refractivity contribution in [2.24, 2.45) is 47.3 Å². The SMILES string of the molecule is O=C1OCCC1C(O)CC1CC2CC1C1C3C=CC(C3)C21. The summed E-state index contributed by atoms with van der Waals surface area (Å²) in [5.41, 5.74) is 0. The molecule has 1 aliphatic heterocycles. The summed E-state index contributed by atoms with van der Waals surface area (Å²) in [6.45, 7) is 0.497. The number of hydrogen-bond donors (Lipinski definition) is 1. The van der Waals surface area contributed by atoms with Crippen molar-refractivity contribution in [2.45, 2.75) is 38.2 Å². The van der Waals surface area contributed by atoms with Crippen LogP contribution in [-0.4, -0.2) is 23.8 Å². The molecule has 0 aromatic rings. The molecule has 114 valence electrons. The summed E-state index contributed by atoms with van der Waals surface area (Å²) in [6.07, 6.45) is 10.1. The third-order valence-electron chi connectivity index (χ3n) is 7.39. The molecule has 9 unspecified atom stereocenters. The molecule has 1 saturated heterocycles. The van der Waals surface area contributed by atoms with Gasteiger partial charge in [-0.2, -0.15) is 0 Å². The second-order valence-electron chi connectivity index (χ2n) is 8.12. The minimum atomic E-state index is -0.475. The summed E-state index contributed by atoms with van der Waals surface area (Å²) in [7, 11) is 0. The average Bonchev–Trinajstić information content (AvgIpc) is 3.23. The van der Waals surface area contributed by atoms with Crippen molar-refractivity contribution in [3.63, 3.8) is 0 Å². The molecule has 3 heteroatoms. The third-order valence-corrected chi connectivity index (χ3v) is 7.39. The van der Waals surface area contributed by atoms with E-state index >= 15 is 0 Å². The minimum Gasteiger partial charge on any atom is -0.465 e. The van der Waals surface area contributed by atoms with E-state index in [0.29, 0.717) is 18.9 Å². The number of ether oxygens (including phenoxy) is 1. The lowest BCUT2D eigenvalue weighted by Crippen LogP contribution is -2.34. The number of carbonyl (C=O) groups is 1. The van der Waals surface area contributed by atoms with Crippen molar-refractivity contribution >= 4 is 5.97 Å². The summed E-state index contributed by atoms with van der Waals surface area (Å²) < 4.78 is 5.01. The third kappa shape index (κ3) is 1.67. The topological polar surface area (TPSA) is 46.5 Å². The molecule has 3 nitrogen and oxygen atoms in total. The summed E-state index contributed by atoms with van der Waals surface area (Å²) >= 11 is 0. The number of aliphatic hydroxyl groups excluding tert-OH is 1. The quantitative estimate of drug-likeness (QED) is 0.493. The standard InChI is InChI=1S/C18H24O3/c19-15(13-3-4-21-18(13)20)8-11-6-12-7-14(11)17-10-2-1-9(5-10)16(12)17/h1-2,9-17,19H,3-8H2. The van der Waals surface area contributed by atoms with Crippen LogP contribution in [0.5, 0.6) is 0 Å². The number of aliphatic hydroxyl groups is 1. The van der Waals surface area contributed by atoms with Gasteiger partial charge < -0.3 is 9.84 Å². The van der Waals surface area contributed by atoms with Gasteiger partial charge in [0.1, 0.15) is 0 Å². The molecule has 0 aromatic carbocycles. The van der Waals surface area contributed by atoms with Gasteiger partial charge in [-0.3, -0.25) is 4.79 Å². The van der Waals surface area contributed by atoms with Crippen LogP contribution in [0.25, 0.3) is 0 Å². The Labute approximate surface area is 125 Å². The van der Waals surface area contributed by atoms with E-state index in [-0.39, 0.29) is 11.9 Å². The zero-order valence-electron chi connectivity index (χ0n) is 12.4. The first-order valence-electron chi connectivity index (χ1n) is 8.75. The maximum atomic E-state index is 11.6. The highest BCUT2D eigenvalue weighted by Crippen LogP contribution is 2.67. The van der Waals surface area contributed by atoms with Gasteiger partial charge >= 0.3 is 5.97 Å². The molecule has 5 aliphatic rings. The first kappa shape index (κ1) is 12.7. The first-order chi connectivity index (χ1) is 10.2. The lowest BCUT2D eigenvalue weighted by molar-refractivity contribution is -0.144. The van der Waals surface area contributed by atoms with Crippen LogP contribution in [0.1, 0.15) is 32.1 Å². The van der Waals surface area contributed by atoms with Crippen LogP contribution in [-0.2, 0) is 9.53 Å². The largest absolute Gasteiger partial charge is 0.465 e. The number of carbonyl (C=O) groups excluding carboxylic acids is 1. The summed E-state index contributed by atoms with van der Waals surface area (Å²) in [5, 5.41) is 10.5. The highest BCUT2D eigenvalue weighted by Gasteiger charge is 2.61. The van der Waals surface area contributed by atoms with E-state index < -0.39 is 6.10 Å². The molecule has 5 rings (SSSR count). The van der Waals surface area contributed by atoms with Crippen molar-refractivity contribution in [3.8, 4) is 0 Å². The number of rotatable bonds is 3. The Bertz CT molecular complexity index is 499. The number of hydrogen-bond acceptors (Lipinski definition) is 3. The lowest BCUT2D eigenvalue weighted by atomic mass is 9.68. The van der Waals surface area contributed by atoms with Gasteiger partial charge in [0.25, 0.3) is 0 Å². The molecule has 0 radical (unpaired) electrons. The van der Waals surface area contributed by atoms with E-state index in [1.807, 2.05) is 0 Å². The number of cyclic esters (lactones) is 1. The predicted octanol–water partition coefficient (Wildman–Crippen LogP) is 2.39. The zero-order chi connectivity index (χ0) is 14.1. The molecule has 1 N–H and O–H groups in total. The fraction of sp³-hybridized carbons (Fsp3) is 0.833. The van der Waals surface area contributed by atoms with Crippen LogP contribution in [0, 0.1) is 47.3 Å². The van der Waals surface area contributed by atoms with Gasteiger partial charge in [-0.1, -0.05) is 12.2 Å². The Kier molecular flexibility index (Phi) is 2.62. The molecule has 0 spiro atoms. The molecule has 4 aliphatic carbocycles. The lowest BCUT2D eigenvalue weighted by Gasteiger charge is -2.37. The van der Waals surface area contributed by atoms with Gasteiger partial charge in [0.2, 0.25) is 0 Å². The molecular formula is C18H24O3. The second kappa shape index (κ2) is 4.34. The summed E-state index contributed by atoms with van der Waals surface area (Å²) in [6, 6.07) is 0. The molecule has 0 aromatic heterocycles. The van der Waals surface area contributed by atoms with Crippen LogP contribution < -0.4 is 0 Å². The Morgan fingerprint density at radius 2 is 2.00 bits per heavy atom. The number of allylic oxidation sites excluding steroid dienone is 2. The smallest absolute Gasteiger partial charge is 0.311 e. The zero-order valence-corrected chi connectivity index (χ0v) is 12.4. The Morgan fingerprint density at radius 1 is 1.19 bits per heavy atom. The fourth-order valence-electron chi connectivity index (χ4n) is 6.76. The van der Waals surface area contributed by atoms with E-state index in [2.05, 4.69) is 12.2 Å². The van der Waals surface area contributed by atoms with E-state index in [0.717, 1.165) is 41.9 Å². The van der Waals surface area contributed by atoms with Gasteiger partial charge in [0.15, 0.2) is 0 Å². The van der Waals surface area contributed by atoms with Crippen LogP contribution in [0.4, 0.5) is 0 Å². The van der Waals surface area contributed by atoms with Crippen LogP contribution >= 0.6 is 0 Å². The van der Waals surface area contributed by atoms with Crippen molar-refractivity contribution in [2.75, 3.05) is 6.61 Å². The fourth-order valence-corrected chi connectivity index (χ4v) is 6.76. The van der Waals surface area contributed by atoms with Crippen LogP contribution in [0.15, 0.2) is 12.2 Å². The molecule has 9 atom stereocenters. The minimum absolute atomic E-state index is 0.175. The molecule has 21 heavy (non-hydrogen) atoms. The molecule has 4 fully saturated rings. The second-order valence-corrected chi connectivity index (χ2v) is 8.12. The highest BCUT2D eigenvalue weighted by molar-refractivity contribution is 5.74. The van der Waals surface area contributed by atoms with Crippen LogP contribution in [0.2, 0.25) is 0 Å². The van der Waals surface area contributed by atoms with E-state index in [9.17, 15) is 9.90 Å². The van der Waals surface area contributed by atoms with E-state index in [1.54, 1.807) is 0 Å². The van der Waals surface area contributed by atoms with Gasteiger partial charge in [-0.15, -0.1) is 0 Å².